The Balaban J connectivity index is 1.94. The van der Waals surface area contributed by atoms with E-state index in [0.717, 1.165) is 17.5 Å². The number of hydrogen-bond donors (Lipinski definition) is 1. The van der Waals surface area contributed by atoms with Gasteiger partial charge in [-0.05, 0) is 60.4 Å². The van der Waals surface area contributed by atoms with Crippen molar-refractivity contribution in [1.29, 1.82) is 0 Å². The molecule has 1 aliphatic rings. The molecular formula is C29H40N2O3. The van der Waals surface area contributed by atoms with Crippen LogP contribution in [0.1, 0.15) is 75.8 Å². The van der Waals surface area contributed by atoms with E-state index in [-0.39, 0.29) is 17.9 Å². The molecule has 3 rings (SSSR count). The predicted octanol–water partition coefficient (Wildman–Crippen LogP) is 5.44. The molecule has 0 bridgehead atoms. The van der Waals surface area contributed by atoms with Gasteiger partial charge >= 0.3 is 0 Å². The van der Waals surface area contributed by atoms with Crippen LogP contribution in [0.2, 0.25) is 0 Å². The van der Waals surface area contributed by atoms with Crippen LogP contribution in [-0.2, 0) is 16.0 Å². The first kappa shape index (κ1) is 25.8. The molecule has 0 fully saturated rings. The summed E-state index contributed by atoms with van der Waals surface area (Å²) in [7, 11) is 0. The maximum Gasteiger partial charge on any atom is 0.261 e. The van der Waals surface area contributed by atoms with Gasteiger partial charge in [-0.3, -0.25) is 9.59 Å². The molecule has 2 amide bonds. The fourth-order valence-corrected chi connectivity index (χ4v) is 4.41. The van der Waals surface area contributed by atoms with Gasteiger partial charge in [0.05, 0.1) is 6.04 Å². The summed E-state index contributed by atoms with van der Waals surface area (Å²) in [5.74, 6) is 1.45. The Labute approximate surface area is 204 Å². The van der Waals surface area contributed by atoms with E-state index in [1.807, 2.05) is 24.0 Å². The summed E-state index contributed by atoms with van der Waals surface area (Å²) in [6, 6.07) is 14.4. The molecule has 184 valence electrons. The van der Waals surface area contributed by atoms with Crippen molar-refractivity contribution in [1.82, 2.24) is 10.2 Å². The molecule has 5 nitrogen and oxygen atoms in total. The second-order valence-electron chi connectivity index (χ2n) is 10.3. The van der Waals surface area contributed by atoms with Gasteiger partial charge in [0, 0.05) is 19.5 Å². The van der Waals surface area contributed by atoms with Crippen LogP contribution in [0.15, 0.2) is 42.5 Å². The first-order chi connectivity index (χ1) is 16.2. The molecule has 2 aromatic rings. The van der Waals surface area contributed by atoms with Crippen LogP contribution in [0, 0.1) is 18.8 Å². The van der Waals surface area contributed by atoms with Gasteiger partial charge in [0.25, 0.3) is 5.91 Å². The number of hydrogen-bond acceptors (Lipinski definition) is 3. The Kier molecular flexibility index (Phi) is 8.76. The van der Waals surface area contributed by atoms with Gasteiger partial charge in [-0.2, -0.15) is 0 Å². The third-order valence-corrected chi connectivity index (χ3v) is 6.27. The molecule has 0 aliphatic carbocycles. The van der Waals surface area contributed by atoms with Crippen LogP contribution < -0.4 is 10.1 Å². The van der Waals surface area contributed by atoms with Gasteiger partial charge in [-0.1, -0.05) is 70.5 Å². The fraction of sp³-hybridized carbons (Fsp3) is 0.517. The van der Waals surface area contributed by atoms with Crippen molar-refractivity contribution in [3.8, 4) is 5.75 Å². The smallest absolute Gasteiger partial charge is 0.261 e. The Hall–Kier alpha value is -2.82. The lowest BCUT2D eigenvalue weighted by molar-refractivity contribution is -0.134. The summed E-state index contributed by atoms with van der Waals surface area (Å²) in [5.41, 5.74) is 4.60. The number of benzene rings is 2. The highest BCUT2D eigenvalue weighted by Crippen LogP contribution is 2.38. The minimum Gasteiger partial charge on any atom is -0.481 e. The highest BCUT2D eigenvalue weighted by Gasteiger charge is 2.33. The Morgan fingerprint density at radius 2 is 1.76 bits per heavy atom. The van der Waals surface area contributed by atoms with E-state index in [9.17, 15) is 9.59 Å². The summed E-state index contributed by atoms with van der Waals surface area (Å²) < 4.78 is 6.17. The summed E-state index contributed by atoms with van der Waals surface area (Å²) in [5, 5.41) is 2.98. The van der Waals surface area contributed by atoms with Crippen molar-refractivity contribution in [3.63, 3.8) is 0 Å². The van der Waals surface area contributed by atoms with Crippen molar-refractivity contribution in [2.75, 3.05) is 13.1 Å². The second-order valence-corrected chi connectivity index (χ2v) is 10.3. The van der Waals surface area contributed by atoms with Crippen molar-refractivity contribution in [2.24, 2.45) is 11.8 Å². The number of carbonyl (C=O) groups excluding carboxylic acids is 2. The van der Waals surface area contributed by atoms with Crippen LogP contribution in [0.25, 0.3) is 0 Å². The van der Waals surface area contributed by atoms with Crippen molar-refractivity contribution < 1.29 is 14.3 Å². The van der Waals surface area contributed by atoms with Gasteiger partial charge in [0.15, 0.2) is 6.10 Å². The predicted molar refractivity (Wildman–Crippen MR) is 137 cm³/mol. The maximum absolute atomic E-state index is 13.2. The van der Waals surface area contributed by atoms with Crippen molar-refractivity contribution >= 4 is 11.8 Å². The Bertz CT molecular complexity index is 981. The van der Waals surface area contributed by atoms with E-state index >= 15 is 0 Å². The maximum atomic E-state index is 13.2. The number of ether oxygens (including phenoxy) is 1. The molecule has 2 aromatic carbocycles. The second kappa shape index (κ2) is 11.5. The minimum atomic E-state index is -0.545. The normalized spacial score (nSPS) is 16.4. The zero-order valence-electron chi connectivity index (χ0n) is 21.6. The number of nitrogens with one attached hydrogen (secondary N) is 1. The van der Waals surface area contributed by atoms with E-state index in [1.54, 1.807) is 0 Å². The molecule has 2 unspecified atom stereocenters. The largest absolute Gasteiger partial charge is 0.481 e. The van der Waals surface area contributed by atoms with Crippen molar-refractivity contribution in [2.45, 2.75) is 73.0 Å². The molecule has 0 saturated heterocycles. The van der Waals surface area contributed by atoms with E-state index < -0.39 is 6.10 Å². The summed E-state index contributed by atoms with van der Waals surface area (Å²) in [6.45, 7) is 13.7. The standard InChI is InChI=1S/C29H40N2O3/c1-7-26(29(33)30-18-20(4)5)34-24-13-12-22-14-15-31(27(32)16-19(2)3)28(25(22)17-24)23-10-8-21(6)9-11-23/h8-13,17,19-20,26,28H,7,14-16,18H2,1-6H3,(H,30,33). The lowest BCUT2D eigenvalue weighted by Gasteiger charge is -2.38. The molecule has 0 aromatic heterocycles. The highest BCUT2D eigenvalue weighted by atomic mass is 16.5. The monoisotopic (exact) mass is 464 g/mol. The first-order valence-electron chi connectivity index (χ1n) is 12.6. The molecule has 1 N–H and O–H groups in total. The number of carbonyl (C=O) groups is 2. The molecule has 5 heteroatoms. The highest BCUT2D eigenvalue weighted by molar-refractivity contribution is 5.81. The van der Waals surface area contributed by atoms with Crippen LogP contribution in [0.5, 0.6) is 5.75 Å². The topological polar surface area (TPSA) is 58.6 Å². The first-order valence-corrected chi connectivity index (χ1v) is 12.6. The van der Waals surface area contributed by atoms with Crippen molar-refractivity contribution in [3.05, 3.63) is 64.7 Å². The van der Waals surface area contributed by atoms with Crippen LogP contribution in [-0.4, -0.2) is 35.9 Å². The third-order valence-electron chi connectivity index (χ3n) is 6.27. The van der Waals surface area contributed by atoms with Gasteiger partial charge in [-0.15, -0.1) is 0 Å². The van der Waals surface area contributed by atoms with E-state index in [2.05, 4.69) is 70.3 Å². The van der Waals surface area contributed by atoms with Crippen LogP contribution in [0.4, 0.5) is 0 Å². The molecule has 2 atom stereocenters. The third kappa shape index (κ3) is 6.40. The zero-order valence-corrected chi connectivity index (χ0v) is 21.6. The van der Waals surface area contributed by atoms with Gasteiger partial charge < -0.3 is 15.0 Å². The summed E-state index contributed by atoms with van der Waals surface area (Å²) >= 11 is 0. The number of rotatable bonds is 9. The fourth-order valence-electron chi connectivity index (χ4n) is 4.41. The lowest BCUT2D eigenvalue weighted by atomic mass is 9.87. The average Bonchev–Trinajstić information content (AvgIpc) is 2.80. The van der Waals surface area contributed by atoms with Crippen LogP contribution in [0.3, 0.4) is 0 Å². The molecule has 1 aliphatic heterocycles. The number of aryl methyl sites for hydroxylation is 1. The summed E-state index contributed by atoms with van der Waals surface area (Å²) in [4.78, 5) is 27.9. The molecule has 0 spiro atoms. The Morgan fingerprint density at radius 1 is 1.06 bits per heavy atom. The SMILES string of the molecule is CCC(Oc1ccc2c(c1)C(c1ccc(C)cc1)N(C(=O)CC(C)C)CC2)C(=O)NCC(C)C. The summed E-state index contributed by atoms with van der Waals surface area (Å²) in [6.07, 6.45) is 1.38. The molecular weight excluding hydrogens is 424 g/mol. The number of fused-ring (bicyclic) bond motifs is 1. The molecule has 0 saturated carbocycles. The van der Waals surface area contributed by atoms with E-state index in [0.29, 0.717) is 43.5 Å². The molecule has 34 heavy (non-hydrogen) atoms. The number of nitrogens with zero attached hydrogens (tertiary/aromatic N) is 1. The van der Waals surface area contributed by atoms with Gasteiger partial charge in [0.2, 0.25) is 5.91 Å². The van der Waals surface area contributed by atoms with Gasteiger partial charge in [0.1, 0.15) is 5.75 Å². The minimum absolute atomic E-state index is 0.0854. The quantitative estimate of drug-likeness (QED) is 0.537. The van der Waals surface area contributed by atoms with E-state index in [4.69, 9.17) is 4.74 Å². The Morgan fingerprint density at radius 3 is 2.38 bits per heavy atom. The molecule has 0 radical (unpaired) electrons. The number of amides is 2. The lowest BCUT2D eigenvalue weighted by Crippen LogP contribution is -2.41. The zero-order chi connectivity index (χ0) is 24.8. The van der Waals surface area contributed by atoms with Gasteiger partial charge in [-0.25, -0.2) is 0 Å². The average molecular weight is 465 g/mol. The molecule has 1 heterocycles. The van der Waals surface area contributed by atoms with Crippen LogP contribution >= 0.6 is 0 Å². The van der Waals surface area contributed by atoms with E-state index in [1.165, 1.54) is 11.1 Å².